The SMILES string of the molecule is NCC#Cc1c(OCCC(F)(F)F)ccc2ccccc12. The van der Waals surface area contributed by atoms with E-state index < -0.39 is 19.2 Å². The number of nitrogens with two attached hydrogens (primary N) is 1. The smallest absolute Gasteiger partial charge is 0.392 e. The normalized spacial score (nSPS) is 11.0. The van der Waals surface area contributed by atoms with Gasteiger partial charge in [-0.2, -0.15) is 13.2 Å². The Hall–Kier alpha value is -2.19. The number of fused-ring (bicyclic) bond motifs is 1. The molecule has 0 amide bonds. The van der Waals surface area contributed by atoms with Crippen molar-refractivity contribution in [2.24, 2.45) is 5.73 Å². The molecular formula is C16H14F3NO. The van der Waals surface area contributed by atoms with Crippen molar-refractivity contribution in [3.05, 3.63) is 42.0 Å². The zero-order chi connectivity index (χ0) is 15.3. The molecule has 0 bridgehead atoms. The van der Waals surface area contributed by atoms with Crippen molar-refractivity contribution < 1.29 is 17.9 Å². The van der Waals surface area contributed by atoms with Gasteiger partial charge in [-0.3, -0.25) is 0 Å². The lowest BCUT2D eigenvalue weighted by molar-refractivity contribution is -0.139. The minimum atomic E-state index is -4.24. The Bertz CT molecular complexity index is 683. The van der Waals surface area contributed by atoms with Gasteiger partial charge in [0.05, 0.1) is 25.1 Å². The van der Waals surface area contributed by atoms with Gasteiger partial charge in [0.15, 0.2) is 0 Å². The fourth-order valence-corrected chi connectivity index (χ4v) is 1.92. The average molecular weight is 293 g/mol. The van der Waals surface area contributed by atoms with E-state index in [2.05, 4.69) is 11.8 Å². The molecule has 0 saturated carbocycles. The summed E-state index contributed by atoms with van der Waals surface area (Å²) in [6.45, 7) is -0.260. The van der Waals surface area contributed by atoms with Crippen LogP contribution in [0.25, 0.3) is 10.8 Å². The molecule has 2 aromatic carbocycles. The van der Waals surface area contributed by atoms with Crippen LogP contribution >= 0.6 is 0 Å². The molecule has 21 heavy (non-hydrogen) atoms. The highest BCUT2D eigenvalue weighted by molar-refractivity contribution is 5.90. The van der Waals surface area contributed by atoms with Crippen LogP contribution < -0.4 is 10.5 Å². The second-order valence-corrected chi connectivity index (χ2v) is 4.38. The van der Waals surface area contributed by atoms with Crippen LogP contribution in [0, 0.1) is 11.8 Å². The fraction of sp³-hybridized carbons (Fsp3) is 0.250. The van der Waals surface area contributed by atoms with E-state index >= 15 is 0 Å². The van der Waals surface area contributed by atoms with Crippen LogP contribution in [-0.4, -0.2) is 19.3 Å². The Kier molecular flexibility index (Phi) is 4.71. The standard InChI is InChI=1S/C16H14F3NO/c17-16(18,19)9-11-21-15-8-7-12-4-1-2-5-13(12)14(15)6-3-10-20/h1-2,4-5,7-8H,9-11,20H2. The lowest BCUT2D eigenvalue weighted by atomic mass is 10.0. The van der Waals surface area contributed by atoms with E-state index in [1.165, 1.54) is 0 Å². The van der Waals surface area contributed by atoms with Gasteiger partial charge in [-0.1, -0.05) is 42.2 Å². The number of halogens is 3. The van der Waals surface area contributed by atoms with Crippen molar-refractivity contribution in [1.29, 1.82) is 0 Å². The first-order valence-corrected chi connectivity index (χ1v) is 6.41. The molecule has 5 heteroatoms. The lowest BCUT2D eigenvalue weighted by Crippen LogP contribution is -2.13. The number of hydrogen-bond donors (Lipinski definition) is 1. The van der Waals surface area contributed by atoms with Gasteiger partial charge in [0, 0.05) is 5.39 Å². The zero-order valence-electron chi connectivity index (χ0n) is 11.2. The average Bonchev–Trinajstić information content (AvgIpc) is 2.44. The van der Waals surface area contributed by atoms with E-state index in [0.717, 1.165) is 10.8 Å². The fourth-order valence-electron chi connectivity index (χ4n) is 1.92. The minimum Gasteiger partial charge on any atom is -0.492 e. The molecule has 2 nitrogen and oxygen atoms in total. The van der Waals surface area contributed by atoms with Crippen LogP contribution in [0.15, 0.2) is 36.4 Å². The van der Waals surface area contributed by atoms with Crippen molar-refractivity contribution in [2.45, 2.75) is 12.6 Å². The molecule has 0 radical (unpaired) electrons. The first-order chi connectivity index (χ1) is 10.0. The predicted molar refractivity (Wildman–Crippen MR) is 76.0 cm³/mol. The van der Waals surface area contributed by atoms with E-state index in [1.807, 2.05) is 24.3 Å². The maximum Gasteiger partial charge on any atom is 0.392 e. The predicted octanol–water partition coefficient (Wildman–Crippen LogP) is 3.48. The third-order valence-electron chi connectivity index (χ3n) is 2.85. The van der Waals surface area contributed by atoms with Gasteiger partial charge in [0.25, 0.3) is 0 Å². The highest BCUT2D eigenvalue weighted by Gasteiger charge is 2.27. The van der Waals surface area contributed by atoms with E-state index in [-0.39, 0.29) is 6.54 Å². The van der Waals surface area contributed by atoms with Gasteiger partial charge in [-0.25, -0.2) is 0 Å². The first-order valence-electron chi connectivity index (χ1n) is 6.41. The number of ether oxygens (including phenoxy) is 1. The summed E-state index contributed by atoms with van der Waals surface area (Å²) >= 11 is 0. The monoisotopic (exact) mass is 293 g/mol. The lowest BCUT2D eigenvalue weighted by Gasteiger charge is -2.12. The summed E-state index contributed by atoms with van der Waals surface area (Å²) in [5.41, 5.74) is 5.93. The maximum atomic E-state index is 12.2. The largest absolute Gasteiger partial charge is 0.492 e. The van der Waals surface area contributed by atoms with E-state index in [0.29, 0.717) is 11.3 Å². The summed E-state index contributed by atoms with van der Waals surface area (Å²) in [6.07, 6.45) is -5.23. The number of alkyl halides is 3. The molecule has 0 unspecified atom stereocenters. The molecule has 0 aliphatic heterocycles. The van der Waals surface area contributed by atoms with Crippen LogP contribution in [0.2, 0.25) is 0 Å². The second kappa shape index (κ2) is 6.51. The maximum absolute atomic E-state index is 12.2. The van der Waals surface area contributed by atoms with Crippen LogP contribution in [0.5, 0.6) is 5.75 Å². The Morgan fingerprint density at radius 2 is 1.86 bits per heavy atom. The van der Waals surface area contributed by atoms with Crippen molar-refractivity contribution in [2.75, 3.05) is 13.2 Å². The molecule has 0 fully saturated rings. The number of rotatable bonds is 3. The van der Waals surface area contributed by atoms with Gasteiger partial charge < -0.3 is 10.5 Å². The molecule has 2 aromatic rings. The van der Waals surface area contributed by atoms with Crippen LogP contribution in [0.1, 0.15) is 12.0 Å². The molecule has 0 aliphatic carbocycles. The number of hydrogen-bond acceptors (Lipinski definition) is 2. The Labute approximate surface area is 120 Å². The Balaban J connectivity index is 2.34. The minimum absolute atomic E-state index is 0.172. The molecule has 0 aliphatic rings. The summed E-state index contributed by atoms with van der Waals surface area (Å²) in [5.74, 6) is 5.95. The van der Waals surface area contributed by atoms with Gasteiger partial charge in [0.2, 0.25) is 0 Å². The summed E-state index contributed by atoms with van der Waals surface area (Å²) < 4.78 is 41.8. The molecule has 0 heterocycles. The number of benzene rings is 2. The first kappa shape index (κ1) is 15.2. The summed E-state index contributed by atoms with van der Waals surface area (Å²) in [5, 5.41) is 1.78. The van der Waals surface area contributed by atoms with Crippen LogP contribution in [-0.2, 0) is 0 Å². The van der Waals surface area contributed by atoms with Crippen molar-refractivity contribution >= 4 is 10.8 Å². The molecule has 0 saturated heterocycles. The summed E-state index contributed by atoms with van der Waals surface area (Å²) in [6, 6.07) is 10.9. The third-order valence-corrected chi connectivity index (χ3v) is 2.85. The van der Waals surface area contributed by atoms with Gasteiger partial charge in [-0.15, -0.1) is 0 Å². The van der Waals surface area contributed by atoms with Crippen molar-refractivity contribution in [1.82, 2.24) is 0 Å². The van der Waals surface area contributed by atoms with E-state index in [1.54, 1.807) is 12.1 Å². The molecule has 2 N–H and O–H groups in total. The van der Waals surface area contributed by atoms with E-state index in [4.69, 9.17) is 10.5 Å². The van der Waals surface area contributed by atoms with Gasteiger partial charge in [-0.05, 0) is 11.5 Å². The Morgan fingerprint density at radius 1 is 1.10 bits per heavy atom. The topological polar surface area (TPSA) is 35.2 Å². The van der Waals surface area contributed by atoms with E-state index in [9.17, 15) is 13.2 Å². The zero-order valence-corrected chi connectivity index (χ0v) is 11.2. The Morgan fingerprint density at radius 3 is 2.57 bits per heavy atom. The third kappa shape index (κ3) is 4.14. The molecule has 110 valence electrons. The molecule has 0 aromatic heterocycles. The van der Waals surface area contributed by atoms with Crippen LogP contribution in [0.4, 0.5) is 13.2 Å². The summed E-state index contributed by atoms with van der Waals surface area (Å²) in [4.78, 5) is 0. The van der Waals surface area contributed by atoms with Crippen molar-refractivity contribution in [3.8, 4) is 17.6 Å². The highest BCUT2D eigenvalue weighted by atomic mass is 19.4. The second-order valence-electron chi connectivity index (χ2n) is 4.38. The van der Waals surface area contributed by atoms with Gasteiger partial charge in [0.1, 0.15) is 5.75 Å². The van der Waals surface area contributed by atoms with Crippen LogP contribution in [0.3, 0.4) is 0 Å². The molecular weight excluding hydrogens is 279 g/mol. The molecule has 0 spiro atoms. The molecule has 2 rings (SSSR count). The molecule has 0 atom stereocenters. The van der Waals surface area contributed by atoms with Crippen molar-refractivity contribution in [3.63, 3.8) is 0 Å². The quantitative estimate of drug-likeness (QED) is 0.879. The van der Waals surface area contributed by atoms with Gasteiger partial charge >= 0.3 is 6.18 Å². The highest BCUT2D eigenvalue weighted by Crippen LogP contribution is 2.28. The summed E-state index contributed by atoms with van der Waals surface area (Å²) in [7, 11) is 0.